The highest BCUT2D eigenvalue weighted by Crippen LogP contribution is 2.05. The monoisotopic (exact) mass is 264 g/mol. The van der Waals surface area contributed by atoms with Gasteiger partial charge in [0.2, 0.25) is 0 Å². The first kappa shape index (κ1) is 15.4. The zero-order valence-corrected chi connectivity index (χ0v) is 12.2. The highest BCUT2D eigenvalue weighted by atomic mass is 16.1. The van der Waals surface area contributed by atoms with Crippen molar-refractivity contribution in [2.75, 3.05) is 18.4 Å². The van der Waals surface area contributed by atoms with Crippen LogP contribution in [-0.2, 0) is 0 Å². The largest absolute Gasteiger partial charge is 0.370 e. The SMILES string of the molecule is CC(C)CCNC(=O)c1cc(NCC(C)C)ncn1. The second-order valence-electron chi connectivity index (χ2n) is 5.50. The molecular formula is C14H24N4O. The van der Waals surface area contributed by atoms with E-state index in [1.807, 2.05) is 0 Å². The third kappa shape index (κ3) is 6.18. The van der Waals surface area contributed by atoms with Gasteiger partial charge in [-0.05, 0) is 18.3 Å². The lowest BCUT2D eigenvalue weighted by Crippen LogP contribution is -2.26. The molecule has 0 saturated heterocycles. The molecule has 0 aliphatic heterocycles. The van der Waals surface area contributed by atoms with Crippen LogP contribution in [0, 0.1) is 11.8 Å². The molecule has 5 nitrogen and oxygen atoms in total. The molecule has 19 heavy (non-hydrogen) atoms. The molecule has 106 valence electrons. The second kappa shape index (κ2) is 7.71. The predicted octanol–water partition coefficient (Wildman–Crippen LogP) is 2.32. The third-order valence-corrected chi connectivity index (χ3v) is 2.60. The maximum atomic E-state index is 11.9. The van der Waals surface area contributed by atoms with Gasteiger partial charge >= 0.3 is 0 Å². The molecule has 0 radical (unpaired) electrons. The summed E-state index contributed by atoms with van der Waals surface area (Å²) in [6, 6.07) is 1.69. The van der Waals surface area contributed by atoms with E-state index in [2.05, 4.69) is 48.3 Å². The lowest BCUT2D eigenvalue weighted by molar-refractivity contribution is 0.0947. The van der Waals surface area contributed by atoms with E-state index in [0.717, 1.165) is 13.0 Å². The highest BCUT2D eigenvalue weighted by molar-refractivity contribution is 5.92. The minimum absolute atomic E-state index is 0.143. The van der Waals surface area contributed by atoms with Crippen molar-refractivity contribution in [2.24, 2.45) is 11.8 Å². The molecule has 0 fully saturated rings. The van der Waals surface area contributed by atoms with Gasteiger partial charge in [-0.3, -0.25) is 4.79 Å². The van der Waals surface area contributed by atoms with Gasteiger partial charge in [-0.25, -0.2) is 9.97 Å². The van der Waals surface area contributed by atoms with Crippen molar-refractivity contribution in [3.8, 4) is 0 Å². The number of hydrogen-bond donors (Lipinski definition) is 2. The standard InChI is InChI=1S/C14H24N4O/c1-10(2)5-6-15-14(19)12-7-13(18-9-17-12)16-8-11(3)4/h7,9-11H,5-6,8H2,1-4H3,(H,15,19)(H,16,17,18). The van der Waals surface area contributed by atoms with Crippen LogP contribution in [0.4, 0.5) is 5.82 Å². The molecule has 5 heteroatoms. The Hall–Kier alpha value is -1.65. The lowest BCUT2D eigenvalue weighted by atomic mass is 10.1. The summed E-state index contributed by atoms with van der Waals surface area (Å²) in [5.41, 5.74) is 0.407. The molecule has 1 heterocycles. The molecule has 0 aromatic carbocycles. The van der Waals surface area contributed by atoms with Gasteiger partial charge in [-0.2, -0.15) is 0 Å². The van der Waals surface area contributed by atoms with Crippen LogP contribution in [-0.4, -0.2) is 29.0 Å². The quantitative estimate of drug-likeness (QED) is 0.793. The van der Waals surface area contributed by atoms with Gasteiger partial charge in [0.05, 0.1) is 0 Å². The number of carbonyl (C=O) groups is 1. The number of rotatable bonds is 7. The molecule has 1 rings (SSSR count). The maximum Gasteiger partial charge on any atom is 0.270 e. The van der Waals surface area contributed by atoms with Crippen LogP contribution in [0.5, 0.6) is 0 Å². The highest BCUT2D eigenvalue weighted by Gasteiger charge is 2.08. The molecule has 1 aromatic rings. The van der Waals surface area contributed by atoms with Gasteiger partial charge in [0.25, 0.3) is 5.91 Å². The van der Waals surface area contributed by atoms with Crippen LogP contribution < -0.4 is 10.6 Å². The van der Waals surface area contributed by atoms with Crippen LogP contribution in [0.1, 0.15) is 44.6 Å². The molecule has 0 aliphatic carbocycles. The summed E-state index contributed by atoms with van der Waals surface area (Å²) in [4.78, 5) is 20.0. The summed E-state index contributed by atoms with van der Waals surface area (Å²) in [5, 5.41) is 6.05. The Kier molecular flexibility index (Phi) is 6.25. The molecule has 0 atom stereocenters. The Morgan fingerprint density at radius 2 is 1.95 bits per heavy atom. The Balaban J connectivity index is 2.52. The van der Waals surface area contributed by atoms with Crippen molar-refractivity contribution in [3.63, 3.8) is 0 Å². The van der Waals surface area contributed by atoms with Crippen LogP contribution in [0.3, 0.4) is 0 Å². The second-order valence-corrected chi connectivity index (χ2v) is 5.50. The van der Waals surface area contributed by atoms with Crippen molar-refractivity contribution in [1.82, 2.24) is 15.3 Å². The predicted molar refractivity (Wildman–Crippen MR) is 77.1 cm³/mol. The van der Waals surface area contributed by atoms with Crippen LogP contribution in [0.2, 0.25) is 0 Å². The molecule has 1 amide bonds. The molecule has 0 bridgehead atoms. The van der Waals surface area contributed by atoms with Gasteiger partial charge in [0.15, 0.2) is 0 Å². The fourth-order valence-corrected chi connectivity index (χ4v) is 1.45. The average molecular weight is 264 g/mol. The van der Waals surface area contributed by atoms with Crippen molar-refractivity contribution in [2.45, 2.75) is 34.1 Å². The number of aromatic nitrogens is 2. The summed E-state index contributed by atoms with van der Waals surface area (Å²) >= 11 is 0. The molecule has 0 saturated carbocycles. The first-order valence-corrected chi connectivity index (χ1v) is 6.83. The number of nitrogens with zero attached hydrogens (tertiary/aromatic N) is 2. The summed E-state index contributed by atoms with van der Waals surface area (Å²) < 4.78 is 0. The lowest BCUT2D eigenvalue weighted by Gasteiger charge is -2.09. The summed E-state index contributed by atoms with van der Waals surface area (Å²) in [5.74, 6) is 1.65. The summed E-state index contributed by atoms with van der Waals surface area (Å²) in [6.07, 6.45) is 2.38. The smallest absolute Gasteiger partial charge is 0.270 e. The van der Waals surface area contributed by atoms with Crippen molar-refractivity contribution >= 4 is 11.7 Å². The van der Waals surface area contributed by atoms with Crippen molar-refractivity contribution in [3.05, 3.63) is 18.1 Å². The number of nitrogens with one attached hydrogen (secondary N) is 2. The molecule has 0 unspecified atom stereocenters. The molecule has 0 aliphatic rings. The van der Waals surface area contributed by atoms with Crippen LogP contribution in [0.15, 0.2) is 12.4 Å². The summed E-state index contributed by atoms with van der Waals surface area (Å²) in [6.45, 7) is 10.00. The van der Waals surface area contributed by atoms with E-state index >= 15 is 0 Å². The van der Waals surface area contributed by atoms with Crippen molar-refractivity contribution in [1.29, 1.82) is 0 Å². The van der Waals surface area contributed by atoms with Gasteiger partial charge in [-0.1, -0.05) is 27.7 Å². The van der Waals surface area contributed by atoms with Gasteiger partial charge < -0.3 is 10.6 Å². The first-order valence-electron chi connectivity index (χ1n) is 6.83. The van der Waals surface area contributed by atoms with E-state index in [4.69, 9.17) is 0 Å². The van der Waals surface area contributed by atoms with E-state index in [1.54, 1.807) is 6.07 Å². The maximum absolute atomic E-state index is 11.9. The first-order chi connectivity index (χ1) is 8.99. The Labute approximate surface area is 115 Å². The number of carbonyl (C=O) groups excluding carboxylic acids is 1. The van der Waals surface area contributed by atoms with Gasteiger partial charge in [0.1, 0.15) is 17.8 Å². The number of amides is 1. The Morgan fingerprint density at radius 3 is 2.58 bits per heavy atom. The number of anilines is 1. The molecule has 0 spiro atoms. The third-order valence-electron chi connectivity index (χ3n) is 2.60. The van der Waals surface area contributed by atoms with E-state index in [-0.39, 0.29) is 5.91 Å². The van der Waals surface area contributed by atoms with Gasteiger partial charge in [0, 0.05) is 19.2 Å². The van der Waals surface area contributed by atoms with Crippen LogP contribution >= 0.6 is 0 Å². The van der Waals surface area contributed by atoms with Crippen molar-refractivity contribution < 1.29 is 4.79 Å². The molecule has 2 N–H and O–H groups in total. The van der Waals surface area contributed by atoms with Gasteiger partial charge in [-0.15, -0.1) is 0 Å². The van der Waals surface area contributed by atoms with Crippen LogP contribution in [0.25, 0.3) is 0 Å². The fraction of sp³-hybridized carbons (Fsp3) is 0.643. The van der Waals surface area contributed by atoms with E-state index in [0.29, 0.717) is 29.9 Å². The molecule has 1 aromatic heterocycles. The Morgan fingerprint density at radius 1 is 1.21 bits per heavy atom. The fourth-order valence-electron chi connectivity index (χ4n) is 1.45. The molecular weight excluding hydrogens is 240 g/mol. The average Bonchev–Trinajstić information content (AvgIpc) is 2.36. The summed E-state index contributed by atoms with van der Waals surface area (Å²) in [7, 11) is 0. The van der Waals surface area contributed by atoms with E-state index in [1.165, 1.54) is 6.33 Å². The zero-order valence-electron chi connectivity index (χ0n) is 12.2. The normalized spacial score (nSPS) is 10.8. The minimum atomic E-state index is -0.143. The van der Waals surface area contributed by atoms with E-state index < -0.39 is 0 Å². The zero-order chi connectivity index (χ0) is 14.3. The topological polar surface area (TPSA) is 66.9 Å². The number of hydrogen-bond acceptors (Lipinski definition) is 4. The van der Waals surface area contributed by atoms with E-state index in [9.17, 15) is 4.79 Å². The Bertz CT molecular complexity index is 404. The minimum Gasteiger partial charge on any atom is -0.370 e.